The first-order chi connectivity index (χ1) is 9.11. The van der Waals surface area contributed by atoms with E-state index in [2.05, 4.69) is 5.32 Å². The van der Waals surface area contributed by atoms with Crippen molar-refractivity contribution >= 4 is 28.9 Å². The minimum Gasteiger partial charge on any atom is -0.477 e. The van der Waals surface area contributed by atoms with Crippen LogP contribution in [0.25, 0.3) is 0 Å². The van der Waals surface area contributed by atoms with Gasteiger partial charge in [-0.3, -0.25) is 4.79 Å². The molecule has 0 aliphatic carbocycles. The highest BCUT2D eigenvalue weighted by Gasteiger charge is 2.14. The minimum absolute atomic E-state index is 0.0877. The van der Waals surface area contributed by atoms with Crippen molar-refractivity contribution < 1.29 is 19.8 Å². The maximum atomic E-state index is 11.9. The molecule has 0 atom stereocenters. The van der Waals surface area contributed by atoms with Crippen molar-refractivity contribution in [3.05, 3.63) is 51.7 Å². The lowest BCUT2D eigenvalue weighted by Crippen LogP contribution is -2.13. The van der Waals surface area contributed by atoms with Crippen LogP contribution in [0.1, 0.15) is 25.6 Å². The van der Waals surface area contributed by atoms with Gasteiger partial charge in [-0.2, -0.15) is 0 Å². The lowest BCUT2D eigenvalue weighted by Gasteiger charge is -2.05. The maximum Gasteiger partial charge on any atom is 0.348 e. The molecule has 0 saturated heterocycles. The van der Waals surface area contributed by atoms with Crippen molar-refractivity contribution in [1.82, 2.24) is 0 Å². The molecule has 0 aliphatic heterocycles. The Morgan fingerprint density at radius 2 is 1.84 bits per heavy atom. The van der Waals surface area contributed by atoms with Crippen LogP contribution in [0.15, 0.2) is 35.7 Å². The number of aliphatic hydroxyl groups is 1. The van der Waals surface area contributed by atoms with Gasteiger partial charge in [-0.05, 0) is 29.1 Å². The van der Waals surface area contributed by atoms with Gasteiger partial charge >= 0.3 is 5.97 Å². The highest BCUT2D eigenvalue weighted by Crippen LogP contribution is 2.22. The number of thiophene rings is 1. The number of aliphatic hydroxyl groups excluding tert-OH is 1. The molecule has 0 radical (unpaired) electrons. The van der Waals surface area contributed by atoms with Gasteiger partial charge in [0, 0.05) is 5.56 Å². The molecule has 0 saturated carbocycles. The molecule has 1 aromatic carbocycles. The van der Waals surface area contributed by atoms with E-state index in [-0.39, 0.29) is 23.1 Å². The summed E-state index contributed by atoms with van der Waals surface area (Å²) in [6.45, 7) is -0.0877. The molecule has 3 N–H and O–H groups in total. The maximum absolute atomic E-state index is 11.9. The van der Waals surface area contributed by atoms with Crippen LogP contribution in [0.4, 0.5) is 5.69 Å². The SMILES string of the molecule is O=C(Nc1ccsc1C(=O)O)c1ccc(CO)cc1. The molecule has 0 unspecified atom stereocenters. The average molecular weight is 277 g/mol. The third kappa shape index (κ3) is 2.98. The number of carbonyl (C=O) groups is 2. The van der Waals surface area contributed by atoms with E-state index in [4.69, 9.17) is 10.2 Å². The molecule has 19 heavy (non-hydrogen) atoms. The molecular weight excluding hydrogens is 266 g/mol. The second kappa shape index (κ2) is 5.64. The smallest absolute Gasteiger partial charge is 0.348 e. The van der Waals surface area contributed by atoms with Crippen molar-refractivity contribution in [1.29, 1.82) is 0 Å². The number of carboxylic acids is 1. The Morgan fingerprint density at radius 1 is 1.16 bits per heavy atom. The molecule has 1 aromatic heterocycles. The molecule has 6 heteroatoms. The summed E-state index contributed by atoms with van der Waals surface area (Å²) in [5, 5.41) is 22.0. The molecule has 0 aliphatic rings. The van der Waals surface area contributed by atoms with Crippen LogP contribution in [0.5, 0.6) is 0 Å². The molecule has 2 rings (SSSR count). The van der Waals surface area contributed by atoms with Crippen molar-refractivity contribution in [3.8, 4) is 0 Å². The molecular formula is C13H11NO4S. The number of rotatable bonds is 4. The quantitative estimate of drug-likeness (QED) is 0.799. The van der Waals surface area contributed by atoms with Gasteiger partial charge in [-0.1, -0.05) is 12.1 Å². The van der Waals surface area contributed by atoms with Gasteiger partial charge in [0.15, 0.2) is 0 Å². The number of nitrogens with one attached hydrogen (secondary N) is 1. The van der Waals surface area contributed by atoms with Crippen LogP contribution in [0.3, 0.4) is 0 Å². The van der Waals surface area contributed by atoms with E-state index < -0.39 is 5.97 Å². The summed E-state index contributed by atoms with van der Waals surface area (Å²) in [5.41, 5.74) is 1.40. The standard InChI is InChI=1S/C13H11NO4S/c15-7-8-1-3-9(4-2-8)12(16)14-10-5-6-19-11(10)13(17)18/h1-6,15H,7H2,(H,14,16)(H,17,18). The fourth-order valence-electron chi connectivity index (χ4n) is 1.53. The third-order valence-electron chi connectivity index (χ3n) is 2.51. The zero-order chi connectivity index (χ0) is 13.8. The second-order valence-electron chi connectivity index (χ2n) is 3.78. The molecule has 0 bridgehead atoms. The summed E-state index contributed by atoms with van der Waals surface area (Å²) in [6, 6.07) is 7.98. The van der Waals surface area contributed by atoms with Crippen molar-refractivity contribution in [2.45, 2.75) is 6.61 Å². The summed E-state index contributed by atoms with van der Waals surface area (Å²) in [6.07, 6.45) is 0. The molecule has 1 heterocycles. The van der Waals surface area contributed by atoms with E-state index >= 15 is 0 Å². The van der Waals surface area contributed by atoms with E-state index in [1.807, 2.05) is 0 Å². The number of aromatic carboxylic acids is 1. The largest absolute Gasteiger partial charge is 0.477 e. The molecule has 0 fully saturated rings. The number of hydrogen-bond donors (Lipinski definition) is 3. The van der Waals surface area contributed by atoms with Crippen LogP contribution < -0.4 is 5.32 Å². The normalized spacial score (nSPS) is 10.2. The van der Waals surface area contributed by atoms with Crippen LogP contribution in [-0.2, 0) is 6.61 Å². The van der Waals surface area contributed by atoms with E-state index in [9.17, 15) is 9.59 Å². The topological polar surface area (TPSA) is 86.6 Å². The number of benzene rings is 1. The predicted octanol–water partition coefficient (Wildman–Crippen LogP) is 2.19. The van der Waals surface area contributed by atoms with Gasteiger partial charge in [-0.25, -0.2) is 4.79 Å². The van der Waals surface area contributed by atoms with Crippen LogP contribution in [0, 0.1) is 0 Å². The Morgan fingerprint density at radius 3 is 2.42 bits per heavy atom. The first-order valence-corrected chi connectivity index (χ1v) is 6.31. The fraction of sp³-hybridized carbons (Fsp3) is 0.0769. The van der Waals surface area contributed by atoms with Gasteiger partial charge in [-0.15, -0.1) is 11.3 Å². The summed E-state index contributed by atoms with van der Waals surface area (Å²) in [4.78, 5) is 22.9. The zero-order valence-electron chi connectivity index (χ0n) is 9.79. The molecule has 1 amide bonds. The highest BCUT2D eigenvalue weighted by molar-refractivity contribution is 7.12. The first-order valence-electron chi connectivity index (χ1n) is 5.43. The fourth-order valence-corrected chi connectivity index (χ4v) is 2.22. The predicted molar refractivity (Wildman–Crippen MR) is 71.6 cm³/mol. The molecule has 98 valence electrons. The Hall–Kier alpha value is -2.18. The summed E-state index contributed by atoms with van der Waals surface area (Å²) < 4.78 is 0. The van der Waals surface area contributed by atoms with Gasteiger partial charge in [0.05, 0.1) is 12.3 Å². The van der Waals surface area contributed by atoms with Gasteiger partial charge in [0.1, 0.15) is 4.88 Å². The van der Waals surface area contributed by atoms with Gasteiger partial charge < -0.3 is 15.5 Å². The van der Waals surface area contributed by atoms with Gasteiger partial charge in [0.25, 0.3) is 5.91 Å². The van der Waals surface area contributed by atoms with Crippen LogP contribution in [0.2, 0.25) is 0 Å². The Kier molecular flexibility index (Phi) is 3.94. The number of carboxylic acid groups (broad SMARTS) is 1. The van der Waals surface area contributed by atoms with E-state index in [0.717, 1.165) is 11.3 Å². The number of hydrogen-bond acceptors (Lipinski definition) is 4. The summed E-state index contributed by atoms with van der Waals surface area (Å²) in [7, 11) is 0. The average Bonchev–Trinajstić information content (AvgIpc) is 2.87. The zero-order valence-corrected chi connectivity index (χ0v) is 10.6. The van der Waals surface area contributed by atoms with E-state index in [1.54, 1.807) is 35.7 Å². The summed E-state index contributed by atoms with van der Waals surface area (Å²) >= 11 is 1.05. The Labute approximate surface area is 113 Å². The number of anilines is 1. The van der Waals surface area contributed by atoms with E-state index in [0.29, 0.717) is 11.1 Å². The molecule has 5 nitrogen and oxygen atoms in total. The van der Waals surface area contributed by atoms with Crippen molar-refractivity contribution in [3.63, 3.8) is 0 Å². The molecule has 2 aromatic rings. The van der Waals surface area contributed by atoms with E-state index in [1.165, 1.54) is 0 Å². The second-order valence-corrected chi connectivity index (χ2v) is 4.69. The van der Waals surface area contributed by atoms with Crippen LogP contribution in [-0.4, -0.2) is 22.1 Å². The highest BCUT2D eigenvalue weighted by atomic mass is 32.1. The number of amides is 1. The van der Waals surface area contributed by atoms with Gasteiger partial charge in [0.2, 0.25) is 0 Å². The monoisotopic (exact) mass is 277 g/mol. The Bertz CT molecular complexity index is 603. The lowest BCUT2D eigenvalue weighted by molar-refractivity contribution is 0.0703. The first kappa shape index (κ1) is 13.3. The molecule has 0 spiro atoms. The van der Waals surface area contributed by atoms with Crippen molar-refractivity contribution in [2.75, 3.05) is 5.32 Å². The minimum atomic E-state index is -1.07. The summed E-state index contributed by atoms with van der Waals surface area (Å²) in [5.74, 6) is -1.45. The Balaban J connectivity index is 2.16. The van der Waals surface area contributed by atoms with Crippen molar-refractivity contribution in [2.24, 2.45) is 0 Å². The number of carbonyl (C=O) groups excluding carboxylic acids is 1. The third-order valence-corrected chi connectivity index (χ3v) is 3.41. The lowest BCUT2D eigenvalue weighted by atomic mass is 10.1. The van der Waals surface area contributed by atoms with Crippen LogP contribution >= 0.6 is 11.3 Å².